The smallest absolute Gasteiger partial charge is 0.291 e. The maximum Gasteiger partial charge on any atom is 0.291 e. The van der Waals surface area contributed by atoms with Gasteiger partial charge in [0.2, 0.25) is 11.7 Å². The molecule has 2 atom stereocenters. The molecule has 16 heteroatoms. The van der Waals surface area contributed by atoms with E-state index in [4.69, 9.17) is 26.2 Å². The third-order valence-electron chi connectivity index (χ3n) is 7.81. The van der Waals surface area contributed by atoms with Crippen LogP contribution in [0.15, 0.2) is 36.5 Å². The normalized spacial score (nSPS) is 20.3. The molecule has 1 saturated carbocycles. The maximum absolute atomic E-state index is 14.6. The zero-order valence-electron chi connectivity index (χ0n) is 24.9. The first kappa shape index (κ1) is 34.3. The maximum atomic E-state index is 14.6. The monoisotopic (exact) mass is 662 g/mol. The number of carboxylic acid groups (broad SMARTS) is 1. The van der Waals surface area contributed by atoms with Gasteiger partial charge in [0.25, 0.3) is 18.3 Å². The number of hydrogen-bond acceptors (Lipinski definition) is 8. The van der Waals surface area contributed by atoms with Gasteiger partial charge in [-0.2, -0.15) is 4.39 Å². The second-order valence-corrected chi connectivity index (χ2v) is 11.1. The number of piperidine rings is 1. The van der Waals surface area contributed by atoms with Gasteiger partial charge in [0.15, 0.2) is 17.4 Å². The zero-order chi connectivity index (χ0) is 33.5. The van der Waals surface area contributed by atoms with Crippen molar-refractivity contribution in [1.29, 1.82) is 0 Å². The quantitative estimate of drug-likeness (QED) is 0.197. The Kier molecular flexibility index (Phi) is 11.3. The van der Waals surface area contributed by atoms with Crippen LogP contribution in [0.1, 0.15) is 40.2 Å². The molecule has 2 aliphatic rings. The van der Waals surface area contributed by atoms with Gasteiger partial charge in [0.1, 0.15) is 0 Å². The Morgan fingerprint density at radius 1 is 1.11 bits per heavy atom. The molecule has 1 aliphatic carbocycles. The molecule has 0 bridgehead atoms. The van der Waals surface area contributed by atoms with E-state index in [1.165, 1.54) is 55.3 Å². The van der Waals surface area contributed by atoms with Crippen molar-refractivity contribution < 1.29 is 42.9 Å². The summed E-state index contributed by atoms with van der Waals surface area (Å²) in [5.74, 6) is -4.22. The molecule has 46 heavy (non-hydrogen) atoms. The van der Waals surface area contributed by atoms with Crippen LogP contribution in [-0.4, -0.2) is 82.3 Å². The van der Waals surface area contributed by atoms with E-state index in [0.717, 1.165) is 0 Å². The summed E-state index contributed by atoms with van der Waals surface area (Å²) in [7, 11) is 2.72. The highest BCUT2D eigenvalue weighted by Gasteiger charge is 2.36. The molecule has 1 aliphatic heterocycles. The number of rotatable bonds is 8. The fourth-order valence-electron chi connectivity index (χ4n) is 5.29. The van der Waals surface area contributed by atoms with Crippen LogP contribution in [0.25, 0.3) is 11.3 Å². The summed E-state index contributed by atoms with van der Waals surface area (Å²) in [5.41, 5.74) is 0.591. The molecular weight excluding hydrogens is 630 g/mol. The van der Waals surface area contributed by atoms with E-state index < -0.39 is 35.5 Å². The van der Waals surface area contributed by atoms with Crippen molar-refractivity contribution >= 4 is 41.5 Å². The van der Waals surface area contributed by atoms with E-state index >= 15 is 0 Å². The number of anilines is 1. The number of ether oxygens (including phenoxy) is 1. The zero-order valence-corrected chi connectivity index (χ0v) is 25.6. The molecule has 6 N–H and O–H groups in total. The standard InChI is InChI=1S/C29H31ClF2N6O5.CH2O2/c1-38-21(18-5-6-23(43-2)25(32)24(18)31)12-34-26(38)29(42)35-14-3-4-17(20(30)11-14)27(40)36-15-9-16(10-15)37-28(41)19-7-8-33-13-22(19)39;2-1-3/h3-6,11-12,15-16,19,22,33,39H,7-10,13H2,1-2H3,(H,35,42)(H,36,40)(H,37,41);1H,(H,2,3)/t15?,16?,19-,22+;/m0./s1. The number of benzene rings is 2. The van der Waals surface area contributed by atoms with Crippen LogP contribution in [0.2, 0.25) is 5.02 Å². The third-order valence-corrected chi connectivity index (χ3v) is 8.12. The molecule has 5 rings (SSSR count). The molecule has 2 heterocycles. The van der Waals surface area contributed by atoms with Crippen molar-refractivity contribution in [3.63, 3.8) is 0 Å². The van der Waals surface area contributed by atoms with E-state index in [-0.39, 0.29) is 57.9 Å². The van der Waals surface area contributed by atoms with Gasteiger partial charge in [0, 0.05) is 36.9 Å². The summed E-state index contributed by atoms with van der Waals surface area (Å²) in [6.07, 6.45) is 2.23. The highest BCUT2D eigenvalue weighted by molar-refractivity contribution is 6.34. The van der Waals surface area contributed by atoms with E-state index in [1.807, 2.05) is 0 Å². The third kappa shape index (κ3) is 7.61. The molecule has 2 aromatic carbocycles. The minimum Gasteiger partial charge on any atom is -0.494 e. The molecule has 1 aromatic heterocycles. The minimum atomic E-state index is -1.15. The number of hydrogen-bond donors (Lipinski definition) is 6. The van der Waals surface area contributed by atoms with Gasteiger partial charge in [0.05, 0.1) is 41.6 Å². The fourth-order valence-corrected chi connectivity index (χ4v) is 5.56. The first-order valence-corrected chi connectivity index (χ1v) is 14.6. The lowest BCUT2D eigenvalue weighted by Crippen LogP contribution is -2.56. The van der Waals surface area contributed by atoms with E-state index in [0.29, 0.717) is 38.0 Å². The van der Waals surface area contributed by atoms with Gasteiger partial charge in [-0.15, -0.1) is 0 Å². The minimum absolute atomic E-state index is 0.0649. The van der Waals surface area contributed by atoms with Crippen LogP contribution in [0.3, 0.4) is 0 Å². The predicted molar refractivity (Wildman–Crippen MR) is 163 cm³/mol. The largest absolute Gasteiger partial charge is 0.494 e. The van der Waals surface area contributed by atoms with Crippen molar-refractivity contribution in [3.05, 3.63) is 64.6 Å². The van der Waals surface area contributed by atoms with Crippen molar-refractivity contribution in [2.24, 2.45) is 13.0 Å². The Bertz CT molecular complexity index is 1610. The fraction of sp³-hybridized carbons (Fsp3) is 0.367. The topological polar surface area (TPSA) is 184 Å². The van der Waals surface area contributed by atoms with Gasteiger partial charge < -0.3 is 40.8 Å². The molecule has 0 spiro atoms. The number of aliphatic hydroxyl groups is 1. The molecule has 0 radical (unpaired) electrons. The first-order valence-electron chi connectivity index (χ1n) is 14.2. The number of methoxy groups -OCH3 is 1. The summed E-state index contributed by atoms with van der Waals surface area (Å²) >= 11 is 6.36. The Morgan fingerprint density at radius 3 is 2.46 bits per heavy atom. The van der Waals surface area contributed by atoms with Crippen LogP contribution in [0.4, 0.5) is 14.5 Å². The Morgan fingerprint density at radius 2 is 1.80 bits per heavy atom. The van der Waals surface area contributed by atoms with Crippen molar-refractivity contribution in [3.8, 4) is 17.0 Å². The number of carbonyl (C=O) groups excluding carboxylic acids is 3. The van der Waals surface area contributed by atoms with Crippen LogP contribution in [0.5, 0.6) is 5.75 Å². The lowest BCUT2D eigenvalue weighted by atomic mass is 9.85. The van der Waals surface area contributed by atoms with Gasteiger partial charge in [-0.1, -0.05) is 11.6 Å². The lowest BCUT2D eigenvalue weighted by molar-refractivity contribution is -0.131. The Hall–Kier alpha value is -4.60. The van der Waals surface area contributed by atoms with Crippen molar-refractivity contribution in [1.82, 2.24) is 25.5 Å². The number of carbonyl (C=O) groups is 4. The molecule has 13 nitrogen and oxygen atoms in total. The molecule has 1 saturated heterocycles. The number of aromatic nitrogens is 2. The number of aliphatic hydroxyl groups excluding tert-OH is 1. The van der Waals surface area contributed by atoms with Crippen LogP contribution >= 0.6 is 11.6 Å². The number of nitrogens with one attached hydrogen (secondary N) is 4. The van der Waals surface area contributed by atoms with Crippen molar-refractivity contribution in [2.75, 3.05) is 25.5 Å². The molecule has 2 fully saturated rings. The Balaban J connectivity index is 0.00000154. The number of halogens is 3. The molecule has 3 amide bonds. The molecule has 0 unspecified atom stereocenters. The van der Waals surface area contributed by atoms with Crippen molar-refractivity contribution in [2.45, 2.75) is 37.5 Å². The van der Waals surface area contributed by atoms with Crippen LogP contribution in [0, 0.1) is 17.6 Å². The molecule has 246 valence electrons. The van der Waals surface area contributed by atoms with E-state index in [9.17, 15) is 28.3 Å². The number of amides is 3. The Labute approximate surface area is 267 Å². The highest BCUT2D eigenvalue weighted by Crippen LogP contribution is 2.30. The second-order valence-electron chi connectivity index (χ2n) is 10.7. The second kappa shape index (κ2) is 15.1. The SMILES string of the molecule is COc1ccc(-c2cnc(C(=O)Nc3ccc(C(=O)NC4CC(NC(=O)[C@H]5CCNC[C@H]5O)C4)c(Cl)c3)n2C)c(F)c1F.O=CO. The molecule has 3 aromatic rings. The van der Waals surface area contributed by atoms with Crippen LogP contribution in [-0.2, 0) is 16.6 Å². The molecular formula is C30H33ClF2N6O7. The van der Waals surface area contributed by atoms with Gasteiger partial charge >= 0.3 is 0 Å². The highest BCUT2D eigenvalue weighted by atomic mass is 35.5. The average Bonchev–Trinajstić information content (AvgIpc) is 3.38. The van der Waals surface area contributed by atoms with Crippen LogP contribution < -0.4 is 26.0 Å². The summed E-state index contributed by atoms with van der Waals surface area (Å²) in [6, 6.07) is 6.79. The summed E-state index contributed by atoms with van der Waals surface area (Å²) in [4.78, 5) is 50.6. The summed E-state index contributed by atoms with van der Waals surface area (Å²) < 4.78 is 34.9. The first-order chi connectivity index (χ1) is 22.0. The number of imidazole rings is 1. The van der Waals surface area contributed by atoms with Gasteiger partial charge in [-0.3, -0.25) is 19.2 Å². The van der Waals surface area contributed by atoms with E-state index in [1.54, 1.807) is 0 Å². The van der Waals surface area contributed by atoms with Gasteiger partial charge in [-0.25, -0.2) is 9.37 Å². The average molecular weight is 663 g/mol. The number of β-amino-alcohol motifs (C(OH)–C–C–N with tert-alkyl or cyclic N) is 1. The number of nitrogens with zero attached hydrogens (tertiary/aromatic N) is 2. The summed E-state index contributed by atoms with van der Waals surface area (Å²) in [6.45, 7) is 0.822. The lowest BCUT2D eigenvalue weighted by Gasteiger charge is -2.38. The van der Waals surface area contributed by atoms with Gasteiger partial charge in [-0.05, 0) is 56.1 Å². The van der Waals surface area contributed by atoms with E-state index in [2.05, 4.69) is 26.3 Å². The predicted octanol–water partition coefficient (Wildman–Crippen LogP) is 2.33. The summed E-state index contributed by atoms with van der Waals surface area (Å²) in [5, 5.41) is 28.6.